The number of primary amides is 1. The average Bonchev–Trinajstić information content (AvgIpc) is 2.90. The van der Waals surface area contributed by atoms with Gasteiger partial charge in [0.15, 0.2) is 11.4 Å². The predicted octanol–water partition coefficient (Wildman–Crippen LogP) is 1.61. The van der Waals surface area contributed by atoms with Gasteiger partial charge in [0.1, 0.15) is 17.1 Å². The van der Waals surface area contributed by atoms with Crippen molar-refractivity contribution in [1.82, 2.24) is 4.90 Å². The van der Waals surface area contributed by atoms with Gasteiger partial charge in [0.2, 0.25) is 11.5 Å². The molecule has 1 saturated carbocycles. The Bertz CT molecular complexity index is 1640. The summed E-state index contributed by atoms with van der Waals surface area (Å²) in [5.41, 5.74) is 2.30. The number of nitro benzene ring substituents is 1. The van der Waals surface area contributed by atoms with Gasteiger partial charge in [0.25, 0.3) is 5.91 Å². The molecular weight excluding hydrogens is 548 g/mol. The minimum Gasteiger partial charge on any atom is -0.508 e. The summed E-state index contributed by atoms with van der Waals surface area (Å²) in [4.78, 5) is 53.8. The van der Waals surface area contributed by atoms with E-state index in [9.17, 15) is 44.9 Å². The van der Waals surface area contributed by atoms with Crippen LogP contribution in [0.15, 0.2) is 47.2 Å². The second kappa shape index (κ2) is 9.67. The number of benzene rings is 2. The number of carbonyl (C=O) groups excluding carboxylic acids is 3. The fourth-order valence-electron chi connectivity index (χ4n) is 6.63. The number of likely N-dealkylation sites (N-methyl/N-ethyl adjacent to an activating group) is 1. The predicted molar refractivity (Wildman–Crippen MR) is 151 cm³/mol. The molecule has 2 aromatic rings. The van der Waals surface area contributed by atoms with Crippen LogP contribution in [0.25, 0.3) is 16.9 Å². The number of hydrogen-bond acceptors (Lipinski definition) is 11. The number of aliphatic hydroxyl groups is 3. The number of nitro groups is 1. The number of nitrogens with two attached hydrogens (primary N) is 1. The molecular formula is C29H30N4O9. The van der Waals surface area contributed by atoms with E-state index >= 15 is 0 Å². The molecule has 220 valence electrons. The number of amides is 1. The van der Waals surface area contributed by atoms with Gasteiger partial charge >= 0.3 is 5.69 Å². The highest BCUT2D eigenvalue weighted by Crippen LogP contribution is 2.54. The number of phenolic OH excluding ortho intramolecular Hbond substituents is 1. The van der Waals surface area contributed by atoms with Gasteiger partial charge in [-0.25, -0.2) is 0 Å². The molecule has 5 rings (SSSR count). The van der Waals surface area contributed by atoms with E-state index in [1.807, 2.05) is 19.0 Å². The molecule has 0 aromatic heterocycles. The maximum absolute atomic E-state index is 14.0. The molecule has 4 atom stereocenters. The first-order chi connectivity index (χ1) is 19.6. The quantitative estimate of drug-likeness (QED) is 0.196. The third kappa shape index (κ3) is 3.88. The van der Waals surface area contributed by atoms with Crippen LogP contribution >= 0.6 is 0 Å². The monoisotopic (exact) mass is 578 g/mol. The van der Waals surface area contributed by atoms with E-state index < -0.39 is 74.4 Å². The Morgan fingerprint density at radius 1 is 1.10 bits per heavy atom. The van der Waals surface area contributed by atoms with Crippen LogP contribution in [0.2, 0.25) is 0 Å². The minimum absolute atomic E-state index is 0.00482. The van der Waals surface area contributed by atoms with E-state index in [-0.39, 0.29) is 24.0 Å². The molecule has 0 heterocycles. The zero-order valence-electron chi connectivity index (χ0n) is 23.3. The number of phenols is 1. The summed E-state index contributed by atoms with van der Waals surface area (Å²) in [6.45, 7) is 0. The molecule has 13 nitrogen and oxygen atoms in total. The number of aliphatic hydroxyl groups excluding tert-OH is 2. The normalized spacial score (nSPS) is 25.2. The molecule has 3 aliphatic rings. The fourth-order valence-corrected chi connectivity index (χ4v) is 6.63. The summed E-state index contributed by atoms with van der Waals surface area (Å²) in [5.74, 6) is -8.28. The molecule has 1 fully saturated rings. The molecule has 42 heavy (non-hydrogen) atoms. The van der Waals surface area contributed by atoms with E-state index in [1.165, 1.54) is 25.1 Å². The smallest absolute Gasteiger partial charge is 0.312 e. The van der Waals surface area contributed by atoms with Crippen LogP contribution in [0.4, 0.5) is 11.4 Å². The average molecular weight is 579 g/mol. The number of Topliss-reactive ketones (excluding diaryl/α,β-unsaturated/α-hetero) is 2. The molecule has 13 heteroatoms. The second-order valence-electron chi connectivity index (χ2n) is 11.3. The van der Waals surface area contributed by atoms with Crippen LogP contribution in [0.5, 0.6) is 5.75 Å². The van der Waals surface area contributed by atoms with E-state index in [0.29, 0.717) is 16.7 Å². The van der Waals surface area contributed by atoms with Crippen molar-refractivity contribution < 1.29 is 39.7 Å². The second-order valence-corrected chi connectivity index (χ2v) is 11.3. The van der Waals surface area contributed by atoms with Crippen molar-refractivity contribution >= 4 is 34.6 Å². The van der Waals surface area contributed by atoms with E-state index in [2.05, 4.69) is 0 Å². The van der Waals surface area contributed by atoms with Crippen LogP contribution in [0, 0.1) is 22.0 Å². The number of fused-ring (bicyclic) bond motifs is 3. The van der Waals surface area contributed by atoms with Crippen molar-refractivity contribution in [3.63, 3.8) is 0 Å². The van der Waals surface area contributed by atoms with Gasteiger partial charge in [-0.15, -0.1) is 0 Å². The molecule has 6 N–H and O–H groups in total. The lowest BCUT2D eigenvalue weighted by molar-refractivity contribution is -0.385. The van der Waals surface area contributed by atoms with Crippen molar-refractivity contribution in [2.24, 2.45) is 17.6 Å². The molecule has 0 unspecified atom stereocenters. The van der Waals surface area contributed by atoms with Gasteiger partial charge in [0.05, 0.1) is 16.5 Å². The van der Waals surface area contributed by atoms with E-state index in [1.54, 1.807) is 24.3 Å². The van der Waals surface area contributed by atoms with Gasteiger partial charge in [0, 0.05) is 37.3 Å². The van der Waals surface area contributed by atoms with Crippen molar-refractivity contribution in [3.8, 4) is 16.9 Å². The number of ketones is 2. The number of carbonyl (C=O) groups is 3. The van der Waals surface area contributed by atoms with Gasteiger partial charge in [-0.3, -0.25) is 29.4 Å². The first kappa shape index (κ1) is 28.8. The molecule has 2 aromatic carbocycles. The van der Waals surface area contributed by atoms with Crippen molar-refractivity contribution in [1.29, 1.82) is 0 Å². The molecule has 0 spiro atoms. The third-order valence-electron chi connectivity index (χ3n) is 8.59. The summed E-state index contributed by atoms with van der Waals surface area (Å²) in [5, 5.41) is 57.1. The topological polar surface area (TPSA) is 208 Å². The summed E-state index contributed by atoms with van der Waals surface area (Å²) >= 11 is 0. The Hall–Kier alpha value is -4.75. The Morgan fingerprint density at radius 3 is 2.24 bits per heavy atom. The van der Waals surface area contributed by atoms with Crippen LogP contribution < -0.4 is 10.6 Å². The minimum atomic E-state index is -2.80. The summed E-state index contributed by atoms with van der Waals surface area (Å²) < 4.78 is 0. The largest absolute Gasteiger partial charge is 0.508 e. The molecule has 0 aliphatic heterocycles. The maximum Gasteiger partial charge on any atom is 0.312 e. The lowest BCUT2D eigenvalue weighted by atomic mass is 9.57. The Kier molecular flexibility index (Phi) is 6.62. The van der Waals surface area contributed by atoms with Gasteiger partial charge in [-0.1, -0.05) is 12.1 Å². The lowest BCUT2D eigenvalue weighted by Crippen LogP contribution is -2.65. The Balaban J connectivity index is 1.77. The Labute approximate surface area is 239 Å². The lowest BCUT2D eigenvalue weighted by Gasteiger charge is -2.50. The Morgan fingerprint density at radius 2 is 1.71 bits per heavy atom. The van der Waals surface area contributed by atoms with Gasteiger partial charge in [-0.2, -0.15) is 0 Å². The fraction of sp³-hybridized carbons (Fsp3) is 0.345. The number of hydrogen-bond donors (Lipinski definition) is 5. The van der Waals surface area contributed by atoms with Crippen molar-refractivity contribution in [2.75, 3.05) is 33.1 Å². The number of aromatic hydroxyl groups is 1. The highest BCUT2D eigenvalue weighted by molar-refractivity contribution is 6.24. The SMILES string of the molecule is CN(C)c1ccc(-c2cc([N+](=O)[O-])c(O)c3c2C[C@@H]2C[C@@H]4[C@@H](N(C)C)C(=O)C(C(N)=O)=C(O)[C@]4(O)C(=O)C2=C3O)cc1. The van der Waals surface area contributed by atoms with Crippen LogP contribution in [0.1, 0.15) is 17.5 Å². The molecule has 3 aliphatic carbocycles. The van der Waals surface area contributed by atoms with Gasteiger partial charge < -0.3 is 31.1 Å². The highest BCUT2D eigenvalue weighted by Gasteiger charge is 2.64. The maximum atomic E-state index is 14.0. The number of anilines is 1. The molecule has 0 radical (unpaired) electrons. The molecule has 0 saturated heterocycles. The number of rotatable bonds is 5. The van der Waals surface area contributed by atoms with E-state index in [0.717, 1.165) is 5.69 Å². The van der Waals surface area contributed by atoms with Crippen molar-refractivity contribution in [2.45, 2.75) is 24.5 Å². The van der Waals surface area contributed by atoms with Crippen molar-refractivity contribution in [3.05, 3.63) is 68.5 Å². The molecule has 0 bridgehead atoms. The van der Waals surface area contributed by atoms with E-state index in [4.69, 9.17) is 5.73 Å². The first-order valence-corrected chi connectivity index (χ1v) is 13.1. The van der Waals surface area contributed by atoms with Crippen LogP contribution in [-0.2, 0) is 20.8 Å². The number of nitrogens with zero attached hydrogens (tertiary/aromatic N) is 3. The zero-order valence-corrected chi connectivity index (χ0v) is 23.3. The van der Waals surface area contributed by atoms with Crippen LogP contribution in [0.3, 0.4) is 0 Å². The summed E-state index contributed by atoms with van der Waals surface area (Å²) in [6, 6.07) is 7.07. The summed E-state index contributed by atoms with van der Waals surface area (Å²) in [6.07, 6.45) is -0.0899. The third-order valence-corrected chi connectivity index (χ3v) is 8.59. The van der Waals surface area contributed by atoms with Gasteiger partial charge in [-0.05, 0) is 61.7 Å². The molecule has 1 amide bonds. The summed E-state index contributed by atoms with van der Waals surface area (Å²) in [7, 11) is 6.73. The highest BCUT2D eigenvalue weighted by atomic mass is 16.6. The van der Waals surface area contributed by atoms with Crippen LogP contribution in [-0.4, -0.2) is 87.6 Å². The zero-order chi connectivity index (χ0) is 31.0. The first-order valence-electron chi connectivity index (χ1n) is 13.1. The standard InChI is InChI=1S/C29H30N4O9/c1-31(2)14-7-5-12(6-8-14)15-11-18(33(41)42)23(34)20-16(15)9-13-10-17-22(32(3)4)25(36)21(28(30)39)27(38)29(17,40)26(37)19(13)24(20)35/h5-8,11,13,17,22,34-35,38,40H,9-10H2,1-4H3,(H2,30,39)/t13-,17-,22-,29-/m1/s1.